The first-order valence-corrected chi connectivity index (χ1v) is 3.63. The standard InChI is InChI=1S/C4H5Br2N/c5-3-1-7-2-4(3)6/h7H,1-2H2. The van der Waals surface area contributed by atoms with Crippen molar-refractivity contribution in [3.63, 3.8) is 0 Å². The van der Waals surface area contributed by atoms with Gasteiger partial charge in [-0.05, 0) is 0 Å². The van der Waals surface area contributed by atoms with Gasteiger partial charge in [0.2, 0.25) is 0 Å². The van der Waals surface area contributed by atoms with Crippen molar-refractivity contribution in [2.45, 2.75) is 0 Å². The van der Waals surface area contributed by atoms with Crippen molar-refractivity contribution in [3.05, 3.63) is 8.96 Å². The zero-order chi connectivity index (χ0) is 5.28. The molecular formula is C4H5Br2N. The molecule has 0 radical (unpaired) electrons. The van der Waals surface area contributed by atoms with E-state index in [9.17, 15) is 0 Å². The Morgan fingerprint density at radius 2 is 1.57 bits per heavy atom. The predicted octanol–water partition coefficient (Wildman–Crippen LogP) is 1.59. The summed E-state index contributed by atoms with van der Waals surface area (Å²) >= 11 is 6.75. The van der Waals surface area contributed by atoms with Crippen molar-refractivity contribution in [2.24, 2.45) is 0 Å². The molecule has 0 atom stereocenters. The van der Waals surface area contributed by atoms with E-state index in [2.05, 4.69) is 37.2 Å². The van der Waals surface area contributed by atoms with E-state index < -0.39 is 0 Å². The first-order valence-electron chi connectivity index (χ1n) is 2.04. The number of hydrogen-bond acceptors (Lipinski definition) is 1. The minimum atomic E-state index is 0.973. The molecule has 0 unspecified atom stereocenters. The van der Waals surface area contributed by atoms with Gasteiger partial charge < -0.3 is 5.32 Å². The van der Waals surface area contributed by atoms with Gasteiger partial charge in [-0.15, -0.1) is 0 Å². The molecule has 0 fully saturated rings. The third-order valence-corrected chi connectivity index (χ3v) is 2.90. The molecule has 0 saturated carbocycles. The lowest BCUT2D eigenvalue weighted by atomic mass is 10.6. The first kappa shape index (κ1) is 5.79. The van der Waals surface area contributed by atoms with E-state index in [0.717, 1.165) is 13.1 Å². The lowest BCUT2D eigenvalue weighted by Crippen LogP contribution is -2.06. The Morgan fingerprint density at radius 1 is 1.14 bits per heavy atom. The zero-order valence-corrected chi connectivity index (χ0v) is 6.84. The van der Waals surface area contributed by atoms with Gasteiger partial charge in [0.15, 0.2) is 0 Å². The summed E-state index contributed by atoms with van der Waals surface area (Å²) in [5, 5.41) is 3.15. The quantitative estimate of drug-likeness (QED) is 0.662. The summed E-state index contributed by atoms with van der Waals surface area (Å²) in [6, 6.07) is 0. The summed E-state index contributed by atoms with van der Waals surface area (Å²) < 4.78 is 2.49. The molecule has 1 nitrogen and oxygen atoms in total. The molecule has 7 heavy (non-hydrogen) atoms. The van der Waals surface area contributed by atoms with Crippen LogP contribution in [0.4, 0.5) is 0 Å². The largest absolute Gasteiger partial charge is 0.307 e. The van der Waals surface area contributed by atoms with Crippen LogP contribution >= 0.6 is 31.9 Å². The van der Waals surface area contributed by atoms with E-state index in [1.165, 1.54) is 8.96 Å². The second-order valence-corrected chi connectivity index (χ2v) is 3.33. The molecule has 0 amide bonds. The normalized spacial score (nSPS) is 21.4. The molecule has 0 aromatic rings. The second-order valence-electron chi connectivity index (χ2n) is 1.41. The average Bonchev–Trinajstić information content (AvgIpc) is 1.91. The number of halogens is 2. The van der Waals surface area contributed by atoms with Gasteiger partial charge >= 0.3 is 0 Å². The number of nitrogens with one attached hydrogen (secondary N) is 1. The van der Waals surface area contributed by atoms with Crippen LogP contribution < -0.4 is 5.32 Å². The Hall–Kier alpha value is 0.660. The fourth-order valence-electron chi connectivity index (χ4n) is 0.474. The maximum Gasteiger partial charge on any atom is 0.0283 e. The zero-order valence-electron chi connectivity index (χ0n) is 3.67. The van der Waals surface area contributed by atoms with Crippen molar-refractivity contribution in [3.8, 4) is 0 Å². The molecule has 0 spiro atoms. The first-order chi connectivity index (χ1) is 3.30. The number of rotatable bonds is 0. The summed E-state index contributed by atoms with van der Waals surface area (Å²) in [5.74, 6) is 0. The van der Waals surface area contributed by atoms with Crippen LogP contribution in [0.15, 0.2) is 8.96 Å². The molecule has 40 valence electrons. The second kappa shape index (κ2) is 2.29. The Labute approximate surface area is 59.4 Å². The molecule has 1 aliphatic rings. The van der Waals surface area contributed by atoms with E-state index >= 15 is 0 Å². The summed E-state index contributed by atoms with van der Waals surface area (Å²) in [5.41, 5.74) is 0. The summed E-state index contributed by atoms with van der Waals surface area (Å²) in [4.78, 5) is 0. The van der Waals surface area contributed by atoms with Crippen LogP contribution in [0.25, 0.3) is 0 Å². The molecular weight excluding hydrogens is 222 g/mol. The molecule has 1 rings (SSSR count). The minimum absolute atomic E-state index is 0.973. The van der Waals surface area contributed by atoms with Crippen LogP contribution in [0.5, 0.6) is 0 Å². The smallest absolute Gasteiger partial charge is 0.0283 e. The van der Waals surface area contributed by atoms with Crippen LogP contribution in [0.2, 0.25) is 0 Å². The third-order valence-electron chi connectivity index (χ3n) is 0.855. The van der Waals surface area contributed by atoms with Crippen molar-refractivity contribution >= 4 is 31.9 Å². The Balaban J connectivity index is 2.64. The maximum absolute atomic E-state index is 3.37. The third kappa shape index (κ3) is 1.27. The fourth-order valence-corrected chi connectivity index (χ4v) is 1.15. The van der Waals surface area contributed by atoms with Gasteiger partial charge in [0.1, 0.15) is 0 Å². The van der Waals surface area contributed by atoms with E-state index in [4.69, 9.17) is 0 Å². The van der Waals surface area contributed by atoms with Gasteiger partial charge in [0, 0.05) is 22.1 Å². The molecule has 0 saturated heterocycles. The van der Waals surface area contributed by atoms with Crippen molar-refractivity contribution in [1.82, 2.24) is 5.32 Å². The maximum atomic E-state index is 3.37. The lowest BCUT2D eigenvalue weighted by Gasteiger charge is -1.81. The van der Waals surface area contributed by atoms with E-state index in [1.54, 1.807) is 0 Å². The Bertz CT molecular complexity index is 96.3. The van der Waals surface area contributed by atoms with Gasteiger partial charge in [-0.2, -0.15) is 0 Å². The predicted molar refractivity (Wildman–Crippen MR) is 37.7 cm³/mol. The van der Waals surface area contributed by atoms with Gasteiger partial charge in [-0.1, -0.05) is 31.9 Å². The van der Waals surface area contributed by atoms with Crippen LogP contribution in [-0.4, -0.2) is 13.1 Å². The highest BCUT2D eigenvalue weighted by Crippen LogP contribution is 2.19. The fraction of sp³-hybridized carbons (Fsp3) is 0.500. The topological polar surface area (TPSA) is 12.0 Å². The van der Waals surface area contributed by atoms with Crippen LogP contribution in [0.3, 0.4) is 0 Å². The van der Waals surface area contributed by atoms with E-state index in [0.29, 0.717) is 0 Å². The van der Waals surface area contributed by atoms with E-state index in [-0.39, 0.29) is 0 Å². The highest BCUT2D eigenvalue weighted by molar-refractivity contribution is 9.14. The number of hydrogen-bond donors (Lipinski definition) is 1. The van der Waals surface area contributed by atoms with Crippen LogP contribution in [0.1, 0.15) is 0 Å². The summed E-state index contributed by atoms with van der Waals surface area (Å²) in [6.45, 7) is 1.95. The molecule has 1 heterocycles. The van der Waals surface area contributed by atoms with Gasteiger partial charge in [0.25, 0.3) is 0 Å². The summed E-state index contributed by atoms with van der Waals surface area (Å²) in [7, 11) is 0. The van der Waals surface area contributed by atoms with Gasteiger partial charge in [0.05, 0.1) is 0 Å². The lowest BCUT2D eigenvalue weighted by molar-refractivity contribution is 0.887. The average molecular weight is 227 g/mol. The molecule has 0 aromatic carbocycles. The van der Waals surface area contributed by atoms with Crippen molar-refractivity contribution in [2.75, 3.05) is 13.1 Å². The highest BCUT2D eigenvalue weighted by Gasteiger charge is 2.06. The molecule has 0 aromatic heterocycles. The molecule has 1 aliphatic heterocycles. The van der Waals surface area contributed by atoms with Crippen molar-refractivity contribution < 1.29 is 0 Å². The Morgan fingerprint density at radius 3 is 1.71 bits per heavy atom. The van der Waals surface area contributed by atoms with Gasteiger partial charge in [-0.3, -0.25) is 0 Å². The van der Waals surface area contributed by atoms with Crippen molar-refractivity contribution in [1.29, 1.82) is 0 Å². The highest BCUT2D eigenvalue weighted by atomic mass is 79.9. The van der Waals surface area contributed by atoms with E-state index in [1.807, 2.05) is 0 Å². The van der Waals surface area contributed by atoms with Crippen LogP contribution in [-0.2, 0) is 0 Å². The van der Waals surface area contributed by atoms with Gasteiger partial charge in [-0.25, -0.2) is 0 Å². The summed E-state index contributed by atoms with van der Waals surface area (Å²) in [6.07, 6.45) is 0. The van der Waals surface area contributed by atoms with Crippen LogP contribution in [0, 0.1) is 0 Å². The molecule has 0 bridgehead atoms. The monoisotopic (exact) mass is 225 g/mol. The molecule has 0 aliphatic carbocycles. The molecule has 1 N–H and O–H groups in total. The Kier molecular flexibility index (Phi) is 1.89. The SMILES string of the molecule is BrC1=C(Br)CNC1. The molecule has 3 heteroatoms. The minimum Gasteiger partial charge on any atom is -0.307 e.